The standard InChI is InChI=1S/3C4H8O3.Al/c3*5-3-1-2-4(6)7;/h3*5H,1-3H2,(H,6,7);/q;;;+3/p-3. The number of aliphatic hydroxyl groups is 3. The Hall–Kier alpha value is -1.18. The lowest BCUT2D eigenvalue weighted by Gasteiger charge is -2.13. The Labute approximate surface area is 133 Å². The van der Waals surface area contributed by atoms with Crippen molar-refractivity contribution in [2.75, 3.05) is 19.8 Å². The summed E-state index contributed by atoms with van der Waals surface area (Å²) in [5.41, 5.74) is 0. The summed E-state index contributed by atoms with van der Waals surface area (Å²) in [6.45, 7) is -0.601. The zero-order valence-corrected chi connectivity index (χ0v) is 13.4. The van der Waals surface area contributed by atoms with Crippen LogP contribution in [0.4, 0.5) is 0 Å². The average Bonchev–Trinajstić information content (AvgIpc) is 2.48. The smallest absolute Gasteiger partial charge is 0.551 e. The zero-order chi connectivity index (χ0) is 16.8. The number of aliphatic hydroxyl groups excluding tert-OH is 3. The predicted octanol–water partition coefficient (Wildman–Crippen LogP) is -1.08. The van der Waals surface area contributed by atoms with E-state index < -0.39 is 33.1 Å². The fraction of sp³-hybridized carbons (Fsp3) is 0.750. The van der Waals surface area contributed by atoms with Crippen molar-refractivity contribution in [3.05, 3.63) is 0 Å². The van der Waals surface area contributed by atoms with Gasteiger partial charge < -0.3 is 26.7 Å². The van der Waals surface area contributed by atoms with Gasteiger partial charge in [-0.3, -0.25) is 14.4 Å². The van der Waals surface area contributed by atoms with E-state index in [-0.39, 0.29) is 58.3 Å². The summed E-state index contributed by atoms with van der Waals surface area (Å²) < 4.78 is 14.5. The zero-order valence-electron chi connectivity index (χ0n) is 12.2. The quantitative estimate of drug-likeness (QED) is 0.380. The van der Waals surface area contributed by atoms with E-state index in [0.717, 1.165) is 0 Å². The minimum atomic E-state index is -3.33. The summed E-state index contributed by atoms with van der Waals surface area (Å²) in [6.07, 6.45) is 0.248. The summed E-state index contributed by atoms with van der Waals surface area (Å²) in [6, 6.07) is 0. The molecule has 0 aliphatic rings. The monoisotopic (exact) mass is 336 g/mol. The van der Waals surface area contributed by atoms with Crippen LogP contribution >= 0.6 is 0 Å². The Bertz CT molecular complexity index is 295. The lowest BCUT2D eigenvalue weighted by atomic mass is 10.3. The van der Waals surface area contributed by atoms with Crippen LogP contribution in [0.3, 0.4) is 0 Å². The van der Waals surface area contributed by atoms with Crippen LogP contribution in [0.2, 0.25) is 0 Å². The number of rotatable bonds is 12. The summed E-state index contributed by atoms with van der Waals surface area (Å²) in [5.74, 6) is -2.22. The molecular weight excluding hydrogens is 315 g/mol. The van der Waals surface area contributed by atoms with Crippen molar-refractivity contribution < 1.29 is 41.1 Å². The van der Waals surface area contributed by atoms with Crippen LogP contribution in [0.25, 0.3) is 0 Å². The van der Waals surface area contributed by atoms with Crippen molar-refractivity contribution in [1.82, 2.24) is 0 Å². The van der Waals surface area contributed by atoms with Gasteiger partial charge in [0.2, 0.25) is 0 Å². The normalized spacial score (nSPS) is 9.95. The van der Waals surface area contributed by atoms with Crippen molar-refractivity contribution in [1.29, 1.82) is 0 Å². The van der Waals surface area contributed by atoms with Gasteiger partial charge in [0, 0.05) is 39.1 Å². The molecule has 3 N–H and O–H groups in total. The molecule has 0 saturated carbocycles. The largest absolute Gasteiger partial charge is 1.20 e. The van der Waals surface area contributed by atoms with E-state index in [2.05, 4.69) is 0 Å². The third-order valence-corrected chi connectivity index (χ3v) is 3.67. The molecular formula is C12H21AlO9. The van der Waals surface area contributed by atoms with E-state index in [1.165, 1.54) is 0 Å². The number of carbonyl (C=O) groups is 3. The molecule has 22 heavy (non-hydrogen) atoms. The van der Waals surface area contributed by atoms with Crippen LogP contribution in [-0.4, -0.2) is 68.2 Å². The lowest BCUT2D eigenvalue weighted by molar-refractivity contribution is -0.148. The first kappa shape index (κ1) is 20.8. The fourth-order valence-corrected chi connectivity index (χ4v) is 2.38. The molecule has 0 aliphatic carbocycles. The third kappa shape index (κ3) is 11.5. The first-order valence-corrected chi connectivity index (χ1v) is 8.36. The van der Waals surface area contributed by atoms with Gasteiger partial charge in [-0.25, -0.2) is 0 Å². The first-order chi connectivity index (χ1) is 10.5. The Balaban J connectivity index is 4.44. The minimum Gasteiger partial charge on any atom is -0.551 e. The minimum absolute atomic E-state index is 0.0949. The summed E-state index contributed by atoms with van der Waals surface area (Å²) in [5, 5.41) is 25.9. The second kappa shape index (κ2) is 13.5. The molecule has 0 amide bonds. The Morgan fingerprint density at radius 1 is 0.636 bits per heavy atom. The van der Waals surface area contributed by atoms with Gasteiger partial charge in [0.15, 0.2) is 0 Å². The van der Waals surface area contributed by atoms with Gasteiger partial charge in [0.1, 0.15) is 0 Å². The maximum Gasteiger partial charge on any atom is 1.20 e. The molecule has 0 atom stereocenters. The summed E-state index contributed by atoms with van der Waals surface area (Å²) >= 11 is -3.33. The SMILES string of the molecule is O=C(CCCO)[O][Al]([O]C(=O)CCCO)[O]C(=O)CCCO. The van der Waals surface area contributed by atoms with Crippen LogP contribution < -0.4 is 0 Å². The van der Waals surface area contributed by atoms with Crippen molar-refractivity contribution in [2.24, 2.45) is 0 Å². The third-order valence-electron chi connectivity index (χ3n) is 2.30. The van der Waals surface area contributed by atoms with E-state index in [9.17, 15) is 14.4 Å². The van der Waals surface area contributed by atoms with Gasteiger partial charge in [-0.1, -0.05) is 0 Å². The van der Waals surface area contributed by atoms with Crippen molar-refractivity contribution in [3.63, 3.8) is 0 Å². The number of hydrogen-bond acceptors (Lipinski definition) is 9. The van der Waals surface area contributed by atoms with Crippen molar-refractivity contribution in [2.45, 2.75) is 38.5 Å². The number of carbonyl (C=O) groups excluding carboxylic acids is 3. The average molecular weight is 336 g/mol. The number of hydrogen-bond donors (Lipinski definition) is 3. The van der Waals surface area contributed by atoms with Gasteiger partial charge in [-0.2, -0.15) is 0 Å². The Morgan fingerprint density at radius 3 is 1.14 bits per heavy atom. The van der Waals surface area contributed by atoms with Crippen molar-refractivity contribution >= 4 is 33.1 Å². The van der Waals surface area contributed by atoms with E-state index in [1.807, 2.05) is 0 Å². The van der Waals surface area contributed by atoms with E-state index in [4.69, 9.17) is 26.7 Å². The van der Waals surface area contributed by atoms with Gasteiger partial charge in [-0.05, 0) is 19.3 Å². The molecule has 0 fully saturated rings. The van der Waals surface area contributed by atoms with Crippen LogP contribution in [0.15, 0.2) is 0 Å². The summed E-state index contributed by atoms with van der Waals surface area (Å²) in [4.78, 5) is 34.3. The van der Waals surface area contributed by atoms with Gasteiger partial charge >= 0.3 is 15.1 Å². The molecule has 0 aromatic carbocycles. The molecule has 0 aromatic rings. The van der Waals surface area contributed by atoms with E-state index >= 15 is 0 Å². The fourth-order valence-electron chi connectivity index (χ4n) is 1.24. The highest BCUT2D eigenvalue weighted by atomic mass is 27.3. The molecule has 0 heterocycles. The van der Waals surface area contributed by atoms with Crippen LogP contribution in [-0.2, 0) is 25.7 Å². The van der Waals surface area contributed by atoms with Crippen LogP contribution in [0.5, 0.6) is 0 Å². The predicted molar refractivity (Wildman–Crippen MR) is 73.0 cm³/mol. The van der Waals surface area contributed by atoms with Crippen LogP contribution in [0, 0.1) is 0 Å². The molecule has 9 nitrogen and oxygen atoms in total. The second-order valence-electron chi connectivity index (χ2n) is 4.24. The highest BCUT2D eigenvalue weighted by Gasteiger charge is 2.48. The topological polar surface area (TPSA) is 140 Å². The molecule has 0 saturated heterocycles. The Morgan fingerprint density at radius 2 is 0.909 bits per heavy atom. The first-order valence-electron chi connectivity index (χ1n) is 6.94. The molecule has 126 valence electrons. The molecule has 0 aromatic heterocycles. The molecule has 0 radical (unpaired) electrons. The van der Waals surface area contributed by atoms with E-state index in [0.29, 0.717) is 0 Å². The van der Waals surface area contributed by atoms with Crippen molar-refractivity contribution in [3.8, 4) is 0 Å². The molecule has 10 heteroatoms. The molecule has 0 rings (SSSR count). The maximum atomic E-state index is 11.4. The molecule has 0 unspecified atom stereocenters. The second-order valence-corrected chi connectivity index (χ2v) is 5.52. The molecule has 0 spiro atoms. The highest BCUT2D eigenvalue weighted by Crippen LogP contribution is 2.04. The van der Waals surface area contributed by atoms with Crippen LogP contribution in [0.1, 0.15) is 38.5 Å². The lowest BCUT2D eigenvalue weighted by Crippen LogP contribution is -2.35. The van der Waals surface area contributed by atoms with Gasteiger partial charge in [0.05, 0.1) is 0 Å². The maximum absolute atomic E-state index is 11.4. The molecule has 0 bridgehead atoms. The molecule has 0 aliphatic heterocycles. The van der Waals surface area contributed by atoms with E-state index in [1.54, 1.807) is 0 Å². The van der Waals surface area contributed by atoms with Gasteiger partial charge in [-0.15, -0.1) is 0 Å². The van der Waals surface area contributed by atoms with Gasteiger partial charge in [0.25, 0.3) is 17.9 Å². The summed E-state index contributed by atoms with van der Waals surface area (Å²) in [7, 11) is 0. The highest BCUT2D eigenvalue weighted by molar-refractivity contribution is 6.44. The Kier molecular flexibility index (Phi) is 12.8.